The molecule has 1 fully saturated rings. The van der Waals surface area contributed by atoms with Gasteiger partial charge in [0.05, 0.1) is 24.8 Å². The summed E-state index contributed by atoms with van der Waals surface area (Å²) in [6, 6.07) is 3.50. The summed E-state index contributed by atoms with van der Waals surface area (Å²) in [5.41, 5.74) is 0.469. The van der Waals surface area contributed by atoms with Crippen LogP contribution in [0, 0.1) is 0 Å². The fourth-order valence-corrected chi connectivity index (χ4v) is 4.07. The molecule has 0 aromatic heterocycles. The van der Waals surface area contributed by atoms with Gasteiger partial charge < -0.3 is 30.9 Å². The van der Waals surface area contributed by atoms with Crippen LogP contribution in [0.5, 0.6) is 5.75 Å². The maximum Gasteiger partial charge on any atom is 0.255 e. The van der Waals surface area contributed by atoms with E-state index in [0.717, 1.165) is 11.3 Å². The summed E-state index contributed by atoms with van der Waals surface area (Å²) in [5, 5.41) is 28.6. The van der Waals surface area contributed by atoms with Crippen LogP contribution < -0.4 is 20.7 Å². The second-order valence-electron chi connectivity index (χ2n) is 7.48. The first-order valence-corrected chi connectivity index (χ1v) is 11.2. The van der Waals surface area contributed by atoms with Crippen molar-refractivity contribution in [2.24, 2.45) is 0 Å². The van der Waals surface area contributed by atoms with Crippen LogP contribution in [0.3, 0.4) is 0 Å². The first-order valence-electron chi connectivity index (χ1n) is 10.0. The number of hydrogen-bond donors (Lipinski definition) is 5. The fraction of sp³-hybridized carbons (Fsp3) is 0.476. The Bertz CT molecular complexity index is 890. The van der Waals surface area contributed by atoms with Crippen LogP contribution in [-0.4, -0.2) is 72.1 Å². The number of ether oxygens (including phenoxy) is 1. The lowest BCUT2D eigenvalue weighted by Crippen LogP contribution is -2.53. The molecule has 2 aliphatic rings. The maximum atomic E-state index is 12.8. The molecule has 4 atom stereocenters. The van der Waals surface area contributed by atoms with E-state index in [0.29, 0.717) is 18.7 Å². The number of carbonyl (C=O) groups excluding carboxylic acids is 3. The molecule has 1 aliphatic carbocycles. The third-order valence-electron chi connectivity index (χ3n) is 5.41. The van der Waals surface area contributed by atoms with Crippen molar-refractivity contribution in [3.63, 3.8) is 0 Å². The molecule has 0 radical (unpaired) electrons. The first-order chi connectivity index (χ1) is 14.8. The van der Waals surface area contributed by atoms with Crippen LogP contribution in [0.4, 0.5) is 0 Å². The average molecular weight is 450 g/mol. The Hall–Kier alpha value is -2.56. The molecule has 1 saturated heterocycles. The van der Waals surface area contributed by atoms with Crippen molar-refractivity contribution < 1.29 is 29.3 Å². The Morgan fingerprint density at radius 3 is 2.68 bits per heavy atom. The third-order valence-corrected chi connectivity index (χ3v) is 6.13. The number of aliphatic hydroxyl groups excluding tert-OH is 2. The largest absolute Gasteiger partial charge is 0.496 e. The van der Waals surface area contributed by atoms with Crippen molar-refractivity contribution in [1.29, 1.82) is 0 Å². The normalized spacial score (nSPS) is 25.8. The molecule has 10 heteroatoms. The summed E-state index contributed by atoms with van der Waals surface area (Å²) >= 11 is 1.51. The molecule has 31 heavy (non-hydrogen) atoms. The smallest absolute Gasteiger partial charge is 0.255 e. The molecular formula is C21H27N3O6S. The van der Waals surface area contributed by atoms with Gasteiger partial charge in [-0.25, -0.2) is 0 Å². The molecule has 1 aliphatic heterocycles. The zero-order valence-corrected chi connectivity index (χ0v) is 18.2. The van der Waals surface area contributed by atoms with E-state index >= 15 is 0 Å². The molecule has 9 nitrogen and oxygen atoms in total. The molecule has 5 N–H and O–H groups in total. The molecule has 1 heterocycles. The highest BCUT2D eigenvalue weighted by atomic mass is 32.2. The van der Waals surface area contributed by atoms with Gasteiger partial charge in [0.1, 0.15) is 17.9 Å². The average Bonchev–Trinajstić information content (AvgIpc) is 2.77. The monoisotopic (exact) mass is 449 g/mol. The maximum absolute atomic E-state index is 12.8. The lowest BCUT2D eigenvalue weighted by atomic mass is 9.89. The Morgan fingerprint density at radius 2 is 2.00 bits per heavy atom. The first kappa shape index (κ1) is 23.1. The molecule has 0 saturated carbocycles. The number of thioether (sulfide) groups is 1. The number of piperidine rings is 1. The van der Waals surface area contributed by atoms with Crippen molar-refractivity contribution in [1.82, 2.24) is 16.0 Å². The molecule has 4 unspecified atom stereocenters. The second-order valence-corrected chi connectivity index (χ2v) is 8.36. The lowest BCUT2D eigenvalue weighted by Gasteiger charge is -2.32. The van der Waals surface area contributed by atoms with Crippen LogP contribution >= 0.6 is 11.8 Å². The van der Waals surface area contributed by atoms with Crippen molar-refractivity contribution >= 4 is 29.5 Å². The van der Waals surface area contributed by atoms with Gasteiger partial charge in [-0.3, -0.25) is 14.4 Å². The predicted molar refractivity (Wildman–Crippen MR) is 115 cm³/mol. The van der Waals surface area contributed by atoms with Crippen LogP contribution in [0.2, 0.25) is 0 Å². The number of rotatable bonds is 6. The van der Waals surface area contributed by atoms with Gasteiger partial charge in [-0.2, -0.15) is 0 Å². The van der Waals surface area contributed by atoms with Gasteiger partial charge in [0, 0.05) is 23.4 Å². The fourth-order valence-electron chi connectivity index (χ4n) is 3.64. The number of hydrogen-bond acceptors (Lipinski definition) is 7. The molecule has 3 rings (SSSR count). The number of nitrogens with one attached hydrogen (secondary N) is 3. The molecule has 168 valence electrons. The summed E-state index contributed by atoms with van der Waals surface area (Å²) in [6.45, 7) is 0.578. The van der Waals surface area contributed by atoms with E-state index in [4.69, 9.17) is 4.74 Å². The summed E-state index contributed by atoms with van der Waals surface area (Å²) in [4.78, 5) is 38.3. The molecule has 3 amide bonds. The molecule has 1 aromatic carbocycles. The van der Waals surface area contributed by atoms with Crippen LogP contribution in [-0.2, 0) is 9.59 Å². The van der Waals surface area contributed by atoms with E-state index in [1.54, 1.807) is 18.2 Å². The molecule has 0 spiro atoms. The van der Waals surface area contributed by atoms with E-state index in [-0.39, 0.29) is 23.5 Å². The number of methoxy groups -OCH3 is 1. The van der Waals surface area contributed by atoms with Crippen LogP contribution in [0.1, 0.15) is 29.6 Å². The minimum atomic E-state index is -1.28. The number of amides is 3. The van der Waals surface area contributed by atoms with E-state index in [1.807, 2.05) is 6.26 Å². The number of carbonyl (C=O) groups is 3. The lowest BCUT2D eigenvalue weighted by molar-refractivity contribution is -0.129. The van der Waals surface area contributed by atoms with Crippen molar-refractivity contribution in [2.75, 3.05) is 19.9 Å². The van der Waals surface area contributed by atoms with Gasteiger partial charge in [-0.15, -0.1) is 11.8 Å². The minimum Gasteiger partial charge on any atom is -0.496 e. The second kappa shape index (κ2) is 10.2. The van der Waals surface area contributed by atoms with Crippen molar-refractivity contribution in [3.8, 4) is 5.75 Å². The predicted octanol–water partition coefficient (Wildman–Crippen LogP) is -0.0378. The Morgan fingerprint density at radius 1 is 1.23 bits per heavy atom. The third kappa shape index (κ3) is 5.38. The summed E-state index contributed by atoms with van der Waals surface area (Å²) in [5.74, 6) is -0.887. The van der Waals surface area contributed by atoms with Crippen LogP contribution in [0.15, 0.2) is 34.7 Å². The van der Waals surface area contributed by atoms with Gasteiger partial charge in [-0.05, 0) is 37.3 Å². The van der Waals surface area contributed by atoms with E-state index in [9.17, 15) is 24.6 Å². The van der Waals surface area contributed by atoms with Crippen LogP contribution in [0.25, 0.3) is 0 Å². The zero-order valence-electron chi connectivity index (χ0n) is 17.4. The van der Waals surface area contributed by atoms with Crippen molar-refractivity contribution in [3.05, 3.63) is 35.4 Å². The van der Waals surface area contributed by atoms with E-state index in [2.05, 4.69) is 16.0 Å². The standard InChI is InChI=1S/C21H27N3O6S/c1-30-17-10-12(31-2)5-6-13(17)20(28)24-15-8-11(9-16(25)18(15)26)19(27)23-14-4-3-7-22-21(14)29/h5-6,8,10,14-16,18,25-26H,3-4,7,9H2,1-2H3,(H,22,29)(H,23,27)(H,24,28). The zero-order chi connectivity index (χ0) is 22.5. The van der Waals surface area contributed by atoms with E-state index in [1.165, 1.54) is 24.9 Å². The minimum absolute atomic E-state index is 0.0839. The van der Waals surface area contributed by atoms with Gasteiger partial charge in [-0.1, -0.05) is 6.08 Å². The highest BCUT2D eigenvalue weighted by molar-refractivity contribution is 7.98. The summed E-state index contributed by atoms with van der Waals surface area (Å²) in [6.07, 6.45) is 2.01. The summed E-state index contributed by atoms with van der Waals surface area (Å²) < 4.78 is 5.30. The number of benzene rings is 1. The Balaban J connectivity index is 1.75. The Kier molecular flexibility index (Phi) is 7.58. The van der Waals surface area contributed by atoms with Gasteiger partial charge in [0.15, 0.2) is 0 Å². The van der Waals surface area contributed by atoms with Crippen molar-refractivity contribution in [2.45, 2.75) is 48.4 Å². The highest BCUT2D eigenvalue weighted by Crippen LogP contribution is 2.26. The van der Waals surface area contributed by atoms with Gasteiger partial charge in [0.2, 0.25) is 11.8 Å². The Labute approximate surface area is 184 Å². The SMILES string of the molecule is COc1cc(SC)ccc1C(=O)NC1C=C(C(=O)NC2CCCNC2=O)CC(O)C1O. The molecule has 1 aromatic rings. The molecule has 0 bridgehead atoms. The van der Waals surface area contributed by atoms with Gasteiger partial charge >= 0.3 is 0 Å². The highest BCUT2D eigenvalue weighted by Gasteiger charge is 2.35. The molecular weight excluding hydrogens is 422 g/mol. The van der Waals surface area contributed by atoms with E-state index < -0.39 is 36.1 Å². The summed E-state index contributed by atoms with van der Waals surface area (Å²) in [7, 11) is 1.46. The number of aliphatic hydroxyl groups is 2. The van der Waals surface area contributed by atoms with Gasteiger partial charge in [0.25, 0.3) is 5.91 Å². The topological polar surface area (TPSA) is 137 Å². The quantitative estimate of drug-likeness (QED) is 0.385.